The minimum atomic E-state index is -0.618. The third kappa shape index (κ3) is 4.76. The number of aromatic amines is 1. The van der Waals surface area contributed by atoms with Crippen molar-refractivity contribution in [3.63, 3.8) is 0 Å². The molecule has 0 saturated heterocycles. The number of carbonyl (C=O) groups excluding carboxylic acids is 1. The molecule has 2 aromatic carbocycles. The molecule has 2 atom stereocenters. The zero-order valence-corrected chi connectivity index (χ0v) is 18.0. The SMILES string of the molecule is CN(C)CC(=O)NC(c1ccc(Cl)cc1)c1nc2ccc(C3C=NNC3)cc2c(=O)[nH]1. The van der Waals surface area contributed by atoms with Gasteiger partial charge in [0.15, 0.2) is 0 Å². The van der Waals surface area contributed by atoms with Crippen LogP contribution in [0.15, 0.2) is 52.4 Å². The van der Waals surface area contributed by atoms with E-state index >= 15 is 0 Å². The predicted octanol–water partition coefficient (Wildman–Crippen LogP) is 2.02. The molecule has 4 rings (SSSR count). The number of halogens is 1. The van der Waals surface area contributed by atoms with Crippen LogP contribution in [0.5, 0.6) is 0 Å². The van der Waals surface area contributed by atoms with Crippen molar-refractivity contribution in [2.45, 2.75) is 12.0 Å². The number of rotatable bonds is 6. The third-order valence-electron chi connectivity index (χ3n) is 5.07. The van der Waals surface area contributed by atoms with Crippen molar-refractivity contribution in [1.82, 2.24) is 25.6 Å². The molecule has 0 saturated carbocycles. The maximum absolute atomic E-state index is 12.9. The predicted molar refractivity (Wildman–Crippen MR) is 122 cm³/mol. The summed E-state index contributed by atoms with van der Waals surface area (Å²) in [5.74, 6) is 0.301. The first-order valence-electron chi connectivity index (χ1n) is 9.90. The van der Waals surface area contributed by atoms with Gasteiger partial charge in [0.25, 0.3) is 5.56 Å². The Morgan fingerprint density at radius 1 is 1.26 bits per heavy atom. The standard InChI is InChI=1S/C22H23ClN6O2/c1-29(2)12-19(30)27-20(13-3-6-16(23)7-4-13)21-26-18-8-5-14(15-10-24-25-11-15)9-17(18)22(31)28-21/h3-10,15,20,25H,11-12H2,1-2H3,(H,27,30)(H,26,28,31). The number of likely N-dealkylation sites (N-methyl/N-ethyl adjacent to an activating group) is 1. The van der Waals surface area contributed by atoms with E-state index in [4.69, 9.17) is 11.6 Å². The minimum absolute atomic E-state index is 0.121. The van der Waals surface area contributed by atoms with E-state index in [0.29, 0.717) is 28.3 Å². The lowest BCUT2D eigenvalue weighted by Crippen LogP contribution is -2.37. The van der Waals surface area contributed by atoms with Gasteiger partial charge in [-0.1, -0.05) is 29.8 Å². The molecule has 8 nitrogen and oxygen atoms in total. The normalized spacial score (nSPS) is 16.5. The molecule has 1 aliphatic heterocycles. The molecule has 9 heteroatoms. The molecule has 0 fully saturated rings. The van der Waals surface area contributed by atoms with Crippen molar-refractivity contribution in [3.8, 4) is 0 Å². The molecule has 0 bridgehead atoms. The van der Waals surface area contributed by atoms with Crippen molar-refractivity contribution in [2.24, 2.45) is 5.10 Å². The monoisotopic (exact) mass is 438 g/mol. The molecule has 2 heterocycles. The molecule has 1 amide bonds. The second kappa shape index (κ2) is 8.87. The molecule has 0 spiro atoms. The maximum Gasteiger partial charge on any atom is 0.258 e. The van der Waals surface area contributed by atoms with Crippen molar-refractivity contribution < 1.29 is 4.79 Å². The average Bonchev–Trinajstić information content (AvgIpc) is 3.27. The molecule has 2 unspecified atom stereocenters. The summed E-state index contributed by atoms with van der Waals surface area (Å²) in [5.41, 5.74) is 4.99. The van der Waals surface area contributed by atoms with Crippen molar-refractivity contribution in [1.29, 1.82) is 0 Å². The quantitative estimate of drug-likeness (QED) is 0.546. The number of amides is 1. The summed E-state index contributed by atoms with van der Waals surface area (Å²) < 4.78 is 0. The van der Waals surface area contributed by atoms with Gasteiger partial charge in [-0.3, -0.25) is 9.59 Å². The van der Waals surface area contributed by atoms with Gasteiger partial charge in [-0.25, -0.2) is 4.98 Å². The summed E-state index contributed by atoms with van der Waals surface area (Å²) >= 11 is 6.03. The Labute approximate surface area is 184 Å². The van der Waals surface area contributed by atoms with E-state index in [9.17, 15) is 9.59 Å². The summed E-state index contributed by atoms with van der Waals surface area (Å²) in [6.07, 6.45) is 1.83. The molecular formula is C22H23ClN6O2. The van der Waals surface area contributed by atoms with Gasteiger partial charge in [0.2, 0.25) is 5.91 Å². The highest BCUT2D eigenvalue weighted by Crippen LogP contribution is 2.24. The van der Waals surface area contributed by atoms with Crippen LogP contribution in [0.25, 0.3) is 10.9 Å². The molecule has 31 heavy (non-hydrogen) atoms. The molecular weight excluding hydrogens is 416 g/mol. The van der Waals surface area contributed by atoms with Crippen LogP contribution in [-0.2, 0) is 4.79 Å². The molecule has 3 aromatic rings. The fourth-order valence-corrected chi connectivity index (χ4v) is 3.68. The molecule has 0 aliphatic carbocycles. The fraction of sp³-hybridized carbons (Fsp3) is 0.273. The van der Waals surface area contributed by atoms with E-state index in [1.54, 1.807) is 17.0 Å². The highest BCUT2D eigenvalue weighted by molar-refractivity contribution is 6.30. The van der Waals surface area contributed by atoms with E-state index < -0.39 is 6.04 Å². The second-order valence-electron chi connectivity index (χ2n) is 7.76. The number of H-pyrrole nitrogens is 1. The average molecular weight is 439 g/mol. The number of hydrogen-bond acceptors (Lipinski definition) is 6. The highest BCUT2D eigenvalue weighted by Gasteiger charge is 2.21. The van der Waals surface area contributed by atoms with Crippen LogP contribution >= 0.6 is 11.6 Å². The Kier molecular flexibility index (Phi) is 6.01. The molecule has 3 N–H and O–H groups in total. The number of hydrogen-bond donors (Lipinski definition) is 3. The zero-order valence-electron chi connectivity index (χ0n) is 17.2. The smallest absolute Gasteiger partial charge is 0.258 e. The van der Waals surface area contributed by atoms with Crippen LogP contribution in [0.1, 0.15) is 28.9 Å². The van der Waals surface area contributed by atoms with Crippen LogP contribution < -0.4 is 16.3 Å². The van der Waals surface area contributed by atoms with E-state index in [-0.39, 0.29) is 23.9 Å². The third-order valence-corrected chi connectivity index (χ3v) is 5.33. The Morgan fingerprint density at radius 2 is 2.03 bits per heavy atom. The Bertz CT molecular complexity index is 1190. The van der Waals surface area contributed by atoms with E-state index in [1.165, 1.54) is 0 Å². The summed E-state index contributed by atoms with van der Waals surface area (Å²) in [6, 6.07) is 12.1. The number of hydrazone groups is 1. The first-order chi connectivity index (χ1) is 14.9. The van der Waals surface area contributed by atoms with Crippen molar-refractivity contribution in [3.05, 3.63) is 74.8 Å². The van der Waals surface area contributed by atoms with Crippen molar-refractivity contribution >= 4 is 34.6 Å². The van der Waals surface area contributed by atoms with Gasteiger partial charge >= 0.3 is 0 Å². The molecule has 1 aromatic heterocycles. The van der Waals surface area contributed by atoms with Crippen LogP contribution in [0.2, 0.25) is 5.02 Å². The molecule has 1 aliphatic rings. The first-order valence-corrected chi connectivity index (χ1v) is 10.3. The van der Waals surface area contributed by atoms with Gasteiger partial charge in [-0.15, -0.1) is 0 Å². The number of nitrogens with one attached hydrogen (secondary N) is 3. The Morgan fingerprint density at radius 3 is 2.71 bits per heavy atom. The van der Waals surface area contributed by atoms with Gasteiger partial charge < -0.3 is 20.6 Å². The second-order valence-corrected chi connectivity index (χ2v) is 8.20. The van der Waals surface area contributed by atoms with E-state index in [0.717, 1.165) is 11.1 Å². The number of fused-ring (bicyclic) bond motifs is 1. The van der Waals surface area contributed by atoms with Gasteiger partial charge in [0, 0.05) is 23.7 Å². The van der Waals surface area contributed by atoms with E-state index in [2.05, 4.69) is 25.8 Å². The van der Waals surface area contributed by atoms with Gasteiger partial charge in [-0.05, 0) is 49.5 Å². The number of aromatic nitrogens is 2. The topological polar surface area (TPSA) is 102 Å². The number of carbonyl (C=O) groups is 1. The zero-order chi connectivity index (χ0) is 22.0. The van der Waals surface area contributed by atoms with Crippen LogP contribution in [0.3, 0.4) is 0 Å². The van der Waals surface area contributed by atoms with Gasteiger partial charge in [0.05, 0.1) is 17.4 Å². The van der Waals surface area contributed by atoms with Crippen LogP contribution in [0.4, 0.5) is 0 Å². The highest BCUT2D eigenvalue weighted by atomic mass is 35.5. The largest absolute Gasteiger partial charge is 0.341 e. The number of benzene rings is 2. The summed E-state index contributed by atoms with van der Waals surface area (Å²) in [5, 5.41) is 8.08. The Hall–Kier alpha value is -3.23. The minimum Gasteiger partial charge on any atom is -0.341 e. The van der Waals surface area contributed by atoms with Gasteiger partial charge in [-0.2, -0.15) is 5.10 Å². The summed E-state index contributed by atoms with van der Waals surface area (Å²) in [6.45, 7) is 0.910. The molecule has 0 radical (unpaired) electrons. The lowest BCUT2D eigenvalue weighted by molar-refractivity contribution is -0.122. The van der Waals surface area contributed by atoms with Gasteiger partial charge in [0.1, 0.15) is 11.9 Å². The lowest BCUT2D eigenvalue weighted by atomic mass is 9.99. The Balaban J connectivity index is 1.74. The number of nitrogens with zero attached hydrogens (tertiary/aromatic N) is 3. The van der Waals surface area contributed by atoms with Crippen molar-refractivity contribution in [2.75, 3.05) is 27.2 Å². The van der Waals surface area contributed by atoms with Crippen LogP contribution in [-0.4, -0.2) is 54.2 Å². The molecule has 160 valence electrons. The summed E-state index contributed by atoms with van der Waals surface area (Å²) in [7, 11) is 3.63. The maximum atomic E-state index is 12.9. The first kappa shape index (κ1) is 21.0. The fourth-order valence-electron chi connectivity index (χ4n) is 3.55. The summed E-state index contributed by atoms with van der Waals surface area (Å²) in [4.78, 5) is 34.7. The lowest BCUT2D eigenvalue weighted by Gasteiger charge is -2.20. The van der Waals surface area contributed by atoms with E-state index in [1.807, 2.05) is 50.6 Å². The van der Waals surface area contributed by atoms with Crippen LogP contribution in [0, 0.1) is 0 Å².